The van der Waals surface area contributed by atoms with E-state index in [1.54, 1.807) is 0 Å². The molecule has 0 spiro atoms. The molecular formula is C11H19NSi. The van der Waals surface area contributed by atoms with Gasteiger partial charge in [-0.05, 0) is 25.0 Å². The highest BCUT2D eigenvalue weighted by molar-refractivity contribution is 6.79. The standard InChI is InChI=1S/C11H19NSi/c1-9-7-6-8-10(2)11(9)12-13(3,4)5/h6-8,12H,1-5H3. The molecule has 2 heteroatoms. The number of para-hydroxylation sites is 1. The molecule has 1 aromatic rings. The Labute approximate surface area is 82.3 Å². The Hall–Kier alpha value is -0.763. The van der Waals surface area contributed by atoms with E-state index in [0.29, 0.717) is 0 Å². The first-order valence-corrected chi connectivity index (χ1v) is 8.24. The van der Waals surface area contributed by atoms with E-state index in [-0.39, 0.29) is 0 Å². The lowest BCUT2D eigenvalue weighted by Crippen LogP contribution is -2.32. The maximum atomic E-state index is 3.66. The minimum absolute atomic E-state index is 1.21. The largest absolute Gasteiger partial charge is 0.410 e. The molecule has 1 rings (SSSR count). The Morgan fingerprint density at radius 1 is 1.00 bits per heavy atom. The summed E-state index contributed by atoms with van der Waals surface area (Å²) in [5.74, 6) is 0. The van der Waals surface area contributed by atoms with Crippen molar-refractivity contribution in [2.75, 3.05) is 4.98 Å². The second-order valence-electron chi connectivity index (χ2n) is 4.64. The van der Waals surface area contributed by atoms with E-state index in [4.69, 9.17) is 0 Å². The first-order chi connectivity index (χ1) is 5.90. The lowest BCUT2D eigenvalue weighted by Gasteiger charge is -2.22. The molecule has 1 aromatic carbocycles. The number of hydrogen-bond donors (Lipinski definition) is 1. The molecule has 0 atom stereocenters. The molecule has 0 saturated heterocycles. The number of rotatable bonds is 2. The third kappa shape index (κ3) is 2.88. The Morgan fingerprint density at radius 3 is 1.85 bits per heavy atom. The third-order valence-electron chi connectivity index (χ3n) is 1.98. The molecule has 0 fully saturated rings. The van der Waals surface area contributed by atoms with Crippen molar-refractivity contribution in [3.63, 3.8) is 0 Å². The third-order valence-corrected chi connectivity index (χ3v) is 2.98. The molecule has 1 N–H and O–H groups in total. The van der Waals surface area contributed by atoms with Gasteiger partial charge in [-0.3, -0.25) is 0 Å². The first-order valence-electron chi connectivity index (χ1n) is 4.74. The predicted molar refractivity (Wildman–Crippen MR) is 62.9 cm³/mol. The lowest BCUT2D eigenvalue weighted by atomic mass is 10.1. The monoisotopic (exact) mass is 193 g/mol. The zero-order valence-electron chi connectivity index (χ0n) is 9.23. The van der Waals surface area contributed by atoms with Gasteiger partial charge in [-0.2, -0.15) is 0 Å². The summed E-state index contributed by atoms with van der Waals surface area (Å²) >= 11 is 0. The Balaban J connectivity index is 3.00. The average molecular weight is 193 g/mol. The van der Waals surface area contributed by atoms with Crippen molar-refractivity contribution in [3.8, 4) is 0 Å². The molecule has 0 amide bonds. The topological polar surface area (TPSA) is 12.0 Å². The molecule has 0 unspecified atom stereocenters. The van der Waals surface area contributed by atoms with E-state index in [1.807, 2.05) is 0 Å². The van der Waals surface area contributed by atoms with Crippen LogP contribution in [0.25, 0.3) is 0 Å². The SMILES string of the molecule is Cc1cccc(C)c1N[Si](C)(C)C. The fraction of sp³-hybridized carbons (Fsp3) is 0.455. The van der Waals surface area contributed by atoms with E-state index < -0.39 is 8.24 Å². The number of benzene rings is 1. The van der Waals surface area contributed by atoms with Gasteiger partial charge in [0.05, 0.1) is 0 Å². The highest BCUT2D eigenvalue weighted by atomic mass is 28.3. The van der Waals surface area contributed by atoms with Gasteiger partial charge in [0.25, 0.3) is 0 Å². The van der Waals surface area contributed by atoms with Gasteiger partial charge in [-0.15, -0.1) is 0 Å². The maximum absolute atomic E-state index is 3.66. The van der Waals surface area contributed by atoms with Gasteiger partial charge in [0.1, 0.15) is 8.24 Å². The average Bonchev–Trinajstić information content (AvgIpc) is 1.95. The zero-order chi connectivity index (χ0) is 10.1. The van der Waals surface area contributed by atoms with Gasteiger partial charge in [-0.25, -0.2) is 0 Å². The molecule has 0 aliphatic rings. The van der Waals surface area contributed by atoms with Crippen molar-refractivity contribution >= 4 is 13.9 Å². The highest BCUT2D eigenvalue weighted by Crippen LogP contribution is 2.21. The molecule has 0 heterocycles. The van der Waals surface area contributed by atoms with Crippen molar-refractivity contribution in [3.05, 3.63) is 29.3 Å². The fourth-order valence-electron chi connectivity index (χ4n) is 1.39. The van der Waals surface area contributed by atoms with Crippen LogP contribution in [0.3, 0.4) is 0 Å². The van der Waals surface area contributed by atoms with E-state index in [2.05, 4.69) is 56.7 Å². The Morgan fingerprint density at radius 2 is 1.46 bits per heavy atom. The normalized spacial score (nSPS) is 11.5. The molecule has 1 nitrogen and oxygen atoms in total. The smallest absolute Gasteiger partial charge is 0.144 e. The van der Waals surface area contributed by atoms with Crippen LogP contribution >= 0.6 is 0 Å². The minimum Gasteiger partial charge on any atom is -0.410 e. The molecule has 0 saturated carbocycles. The molecule has 0 aliphatic carbocycles. The van der Waals surface area contributed by atoms with Crippen molar-refractivity contribution in [1.82, 2.24) is 0 Å². The van der Waals surface area contributed by atoms with Crippen molar-refractivity contribution < 1.29 is 0 Å². The van der Waals surface area contributed by atoms with Crippen LogP contribution < -0.4 is 4.98 Å². The zero-order valence-corrected chi connectivity index (χ0v) is 10.2. The maximum Gasteiger partial charge on any atom is 0.144 e. The van der Waals surface area contributed by atoms with Crippen LogP contribution in [0, 0.1) is 13.8 Å². The van der Waals surface area contributed by atoms with Crippen molar-refractivity contribution in [2.24, 2.45) is 0 Å². The van der Waals surface area contributed by atoms with Crippen LogP contribution in [0.2, 0.25) is 19.6 Å². The summed E-state index contributed by atoms with van der Waals surface area (Å²) < 4.78 is 0. The summed E-state index contributed by atoms with van der Waals surface area (Å²) in [5, 5.41) is 0. The Kier molecular flexibility index (Phi) is 2.81. The van der Waals surface area contributed by atoms with E-state index in [9.17, 15) is 0 Å². The van der Waals surface area contributed by atoms with Gasteiger partial charge >= 0.3 is 0 Å². The summed E-state index contributed by atoms with van der Waals surface area (Å²) in [4.78, 5) is 3.66. The predicted octanol–water partition coefficient (Wildman–Crippen LogP) is 3.55. The van der Waals surface area contributed by atoms with Gasteiger partial charge in [0.15, 0.2) is 0 Å². The molecule has 0 aliphatic heterocycles. The molecule has 0 aromatic heterocycles. The molecule has 72 valence electrons. The van der Waals surface area contributed by atoms with Crippen LogP contribution in [0.15, 0.2) is 18.2 Å². The van der Waals surface area contributed by atoms with E-state index in [1.165, 1.54) is 16.8 Å². The number of hydrogen-bond acceptors (Lipinski definition) is 1. The number of aryl methyl sites for hydroxylation is 2. The van der Waals surface area contributed by atoms with Crippen LogP contribution in [-0.4, -0.2) is 8.24 Å². The van der Waals surface area contributed by atoms with E-state index >= 15 is 0 Å². The summed E-state index contributed by atoms with van der Waals surface area (Å²) in [6, 6.07) is 6.44. The van der Waals surface area contributed by atoms with E-state index in [0.717, 1.165) is 0 Å². The fourth-order valence-corrected chi connectivity index (χ4v) is 2.53. The molecular weight excluding hydrogens is 174 g/mol. The highest BCUT2D eigenvalue weighted by Gasteiger charge is 2.14. The Bertz CT molecular complexity index is 279. The van der Waals surface area contributed by atoms with Gasteiger partial charge < -0.3 is 4.98 Å². The summed E-state index contributed by atoms with van der Waals surface area (Å²) in [5.41, 5.74) is 4.03. The molecule has 13 heavy (non-hydrogen) atoms. The van der Waals surface area contributed by atoms with Gasteiger partial charge in [0, 0.05) is 5.69 Å². The van der Waals surface area contributed by atoms with Crippen LogP contribution in [-0.2, 0) is 0 Å². The van der Waals surface area contributed by atoms with Crippen LogP contribution in [0.4, 0.5) is 5.69 Å². The second kappa shape index (κ2) is 3.54. The number of nitrogens with one attached hydrogen (secondary N) is 1. The van der Waals surface area contributed by atoms with Crippen molar-refractivity contribution in [2.45, 2.75) is 33.5 Å². The lowest BCUT2D eigenvalue weighted by molar-refractivity contribution is 1.37. The summed E-state index contributed by atoms with van der Waals surface area (Å²) in [6.45, 7) is 11.3. The molecule has 0 radical (unpaired) electrons. The first kappa shape index (κ1) is 10.3. The van der Waals surface area contributed by atoms with Crippen molar-refractivity contribution in [1.29, 1.82) is 0 Å². The van der Waals surface area contributed by atoms with Crippen LogP contribution in [0.1, 0.15) is 11.1 Å². The van der Waals surface area contributed by atoms with Gasteiger partial charge in [0.2, 0.25) is 0 Å². The molecule has 0 bridgehead atoms. The van der Waals surface area contributed by atoms with Crippen LogP contribution in [0.5, 0.6) is 0 Å². The summed E-state index contributed by atoms with van der Waals surface area (Å²) in [6.07, 6.45) is 0. The minimum atomic E-state index is -1.21. The second-order valence-corrected chi connectivity index (χ2v) is 9.39. The quantitative estimate of drug-likeness (QED) is 0.708. The number of anilines is 1. The van der Waals surface area contributed by atoms with Gasteiger partial charge in [-0.1, -0.05) is 37.8 Å². The summed E-state index contributed by atoms with van der Waals surface area (Å²) in [7, 11) is -1.21.